The molecule has 0 unspecified atom stereocenters. The van der Waals surface area contributed by atoms with Crippen LogP contribution in [0.2, 0.25) is 0 Å². The third kappa shape index (κ3) is 1.34. The molecule has 16 heavy (non-hydrogen) atoms. The van der Waals surface area contributed by atoms with Crippen LogP contribution in [0.1, 0.15) is 54.2 Å². The smallest absolute Gasteiger partial charge is 0.254 e. The van der Waals surface area contributed by atoms with Crippen molar-refractivity contribution in [2.45, 2.75) is 45.2 Å². The third-order valence-corrected chi connectivity index (χ3v) is 3.50. The summed E-state index contributed by atoms with van der Waals surface area (Å²) >= 11 is 0. The lowest BCUT2D eigenvalue weighted by Gasteiger charge is -2.19. The summed E-state index contributed by atoms with van der Waals surface area (Å²) in [5.41, 5.74) is 3.24. The Kier molecular flexibility index (Phi) is 2.03. The van der Waals surface area contributed by atoms with E-state index in [1.54, 1.807) is 6.20 Å². The van der Waals surface area contributed by atoms with Crippen LogP contribution in [0.5, 0.6) is 0 Å². The summed E-state index contributed by atoms with van der Waals surface area (Å²) in [4.78, 5) is 18.5. The first-order valence-electron chi connectivity index (χ1n) is 5.97. The Balaban J connectivity index is 2.04. The van der Waals surface area contributed by atoms with Crippen LogP contribution >= 0.6 is 0 Å². The molecule has 1 fully saturated rings. The minimum Gasteiger partial charge on any atom is -0.332 e. The molecule has 2 aliphatic rings. The van der Waals surface area contributed by atoms with Crippen LogP contribution < -0.4 is 0 Å². The molecule has 84 valence electrons. The highest BCUT2D eigenvalue weighted by molar-refractivity contribution is 5.98. The van der Waals surface area contributed by atoms with E-state index < -0.39 is 0 Å². The number of carbonyl (C=O) groups excluding carboxylic acids is 1. The fourth-order valence-corrected chi connectivity index (χ4v) is 2.40. The highest BCUT2D eigenvalue weighted by Gasteiger charge is 2.36. The average Bonchev–Trinajstić information content (AvgIpc) is 3.03. The average molecular weight is 216 g/mol. The first-order chi connectivity index (χ1) is 7.68. The van der Waals surface area contributed by atoms with Crippen LogP contribution in [-0.2, 0) is 6.54 Å². The maximum absolute atomic E-state index is 12.1. The molecule has 1 amide bonds. The van der Waals surface area contributed by atoms with Crippen molar-refractivity contribution in [2.24, 2.45) is 0 Å². The largest absolute Gasteiger partial charge is 0.332 e. The van der Waals surface area contributed by atoms with Crippen LogP contribution in [0.25, 0.3) is 0 Å². The Hall–Kier alpha value is -1.38. The van der Waals surface area contributed by atoms with Crippen molar-refractivity contribution in [1.82, 2.24) is 9.88 Å². The highest BCUT2D eigenvalue weighted by Crippen LogP contribution is 2.42. The normalized spacial score (nSPS) is 19.4. The maximum Gasteiger partial charge on any atom is 0.254 e. The standard InChI is InChI=1S/C13H16N2O/c1-8(2)15-7-11-10(13(15)16)5-6-14-12(11)9-3-4-9/h5-6,8-9H,3-4,7H2,1-2H3. The molecule has 1 aromatic rings. The molecule has 0 atom stereocenters. The molecule has 3 nitrogen and oxygen atoms in total. The molecule has 2 heterocycles. The molecular formula is C13H16N2O. The number of hydrogen-bond donors (Lipinski definition) is 0. The predicted octanol–water partition coefficient (Wildman–Crippen LogP) is 2.32. The summed E-state index contributed by atoms with van der Waals surface area (Å²) in [6, 6.07) is 2.14. The molecule has 0 saturated heterocycles. The lowest BCUT2D eigenvalue weighted by Crippen LogP contribution is -2.30. The van der Waals surface area contributed by atoms with Crippen LogP contribution in [0.3, 0.4) is 0 Å². The van der Waals surface area contributed by atoms with E-state index in [2.05, 4.69) is 18.8 Å². The molecule has 0 aromatic carbocycles. The Labute approximate surface area is 95.5 Å². The number of pyridine rings is 1. The van der Waals surface area contributed by atoms with Crippen LogP contribution in [0.4, 0.5) is 0 Å². The molecule has 0 N–H and O–H groups in total. The van der Waals surface area contributed by atoms with Gasteiger partial charge in [0, 0.05) is 41.5 Å². The zero-order chi connectivity index (χ0) is 11.3. The number of carbonyl (C=O) groups is 1. The number of aromatic nitrogens is 1. The maximum atomic E-state index is 12.1. The monoisotopic (exact) mass is 216 g/mol. The lowest BCUT2D eigenvalue weighted by atomic mass is 10.1. The van der Waals surface area contributed by atoms with E-state index in [0.717, 1.165) is 12.1 Å². The summed E-state index contributed by atoms with van der Waals surface area (Å²) in [6.45, 7) is 4.88. The van der Waals surface area contributed by atoms with Gasteiger partial charge in [-0.05, 0) is 32.8 Å². The van der Waals surface area contributed by atoms with E-state index in [0.29, 0.717) is 5.92 Å². The van der Waals surface area contributed by atoms with Crippen LogP contribution in [0, 0.1) is 0 Å². The first-order valence-corrected chi connectivity index (χ1v) is 5.97. The molecule has 0 bridgehead atoms. The molecule has 0 spiro atoms. The molecule has 1 aliphatic carbocycles. The Morgan fingerprint density at radius 3 is 2.81 bits per heavy atom. The van der Waals surface area contributed by atoms with Crippen LogP contribution in [-0.4, -0.2) is 21.8 Å². The zero-order valence-electron chi connectivity index (χ0n) is 9.73. The third-order valence-electron chi connectivity index (χ3n) is 3.50. The summed E-state index contributed by atoms with van der Waals surface area (Å²) in [5, 5.41) is 0. The van der Waals surface area contributed by atoms with Crippen LogP contribution in [0.15, 0.2) is 12.3 Å². The molecule has 1 saturated carbocycles. The van der Waals surface area contributed by atoms with Gasteiger partial charge in [0.15, 0.2) is 0 Å². The van der Waals surface area contributed by atoms with Gasteiger partial charge >= 0.3 is 0 Å². The van der Waals surface area contributed by atoms with Crippen molar-refractivity contribution in [2.75, 3.05) is 0 Å². The predicted molar refractivity (Wildman–Crippen MR) is 61.2 cm³/mol. The van der Waals surface area contributed by atoms with E-state index in [-0.39, 0.29) is 11.9 Å². The minimum absolute atomic E-state index is 0.175. The quantitative estimate of drug-likeness (QED) is 0.760. The number of amides is 1. The first kappa shape index (κ1) is 9.82. The van der Waals surface area contributed by atoms with Crippen molar-refractivity contribution >= 4 is 5.91 Å². The second-order valence-electron chi connectivity index (χ2n) is 5.02. The summed E-state index contributed by atoms with van der Waals surface area (Å²) < 4.78 is 0. The number of nitrogens with zero attached hydrogens (tertiary/aromatic N) is 2. The number of rotatable bonds is 2. The van der Waals surface area contributed by atoms with E-state index in [1.165, 1.54) is 24.1 Å². The lowest BCUT2D eigenvalue weighted by molar-refractivity contribution is 0.0730. The fourth-order valence-electron chi connectivity index (χ4n) is 2.40. The second-order valence-corrected chi connectivity index (χ2v) is 5.02. The fraction of sp³-hybridized carbons (Fsp3) is 0.538. The van der Waals surface area contributed by atoms with Crippen molar-refractivity contribution < 1.29 is 4.79 Å². The Bertz CT molecular complexity index is 449. The van der Waals surface area contributed by atoms with E-state index >= 15 is 0 Å². The van der Waals surface area contributed by atoms with Gasteiger partial charge in [-0.3, -0.25) is 9.78 Å². The van der Waals surface area contributed by atoms with Crippen molar-refractivity contribution in [3.05, 3.63) is 29.1 Å². The van der Waals surface area contributed by atoms with Gasteiger partial charge in [0.2, 0.25) is 0 Å². The van der Waals surface area contributed by atoms with Gasteiger partial charge < -0.3 is 4.90 Å². The van der Waals surface area contributed by atoms with Gasteiger partial charge in [-0.1, -0.05) is 0 Å². The van der Waals surface area contributed by atoms with E-state index in [9.17, 15) is 4.79 Å². The molecule has 3 heteroatoms. The second kappa shape index (κ2) is 3.30. The van der Waals surface area contributed by atoms with Crippen molar-refractivity contribution in [1.29, 1.82) is 0 Å². The topological polar surface area (TPSA) is 33.2 Å². The van der Waals surface area contributed by atoms with Gasteiger partial charge in [-0.15, -0.1) is 0 Å². The SMILES string of the molecule is CC(C)N1Cc2c(ccnc2C2CC2)C1=O. The number of fused-ring (bicyclic) bond motifs is 1. The molecule has 1 aromatic heterocycles. The van der Waals surface area contributed by atoms with E-state index in [1.807, 2.05) is 11.0 Å². The molecule has 3 rings (SSSR count). The van der Waals surface area contributed by atoms with Gasteiger partial charge in [-0.2, -0.15) is 0 Å². The van der Waals surface area contributed by atoms with Gasteiger partial charge in [0.05, 0.1) is 0 Å². The Morgan fingerprint density at radius 1 is 1.44 bits per heavy atom. The van der Waals surface area contributed by atoms with Gasteiger partial charge in [0.25, 0.3) is 5.91 Å². The molecule has 0 radical (unpaired) electrons. The Morgan fingerprint density at radius 2 is 2.19 bits per heavy atom. The van der Waals surface area contributed by atoms with E-state index in [4.69, 9.17) is 0 Å². The number of hydrogen-bond acceptors (Lipinski definition) is 2. The molecular weight excluding hydrogens is 200 g/mol. The van der Waals surface area contributed by atoms with Gasteiger partial charge in [-0.25, -0.2) is 0 Å². The van der Waals surface area contributed by atoms with Crippen molar-refractivity contribution in [3.63, 3.8) is 0 Å². The minimum atomic E-state index is 0.175. The summed E-state index contributed by atoms with van der Waals surface area (Å²) in [5.74, 6) is 0.796. The zero-order valence-corrected chi connectivity index (χ0v) is 9.73. The van der Waals surface area contributed by atoms with Crippen molar-refractivity contribution in [3.8, 4) is 0 Å². The summed E-state index contributed by atoms with van der Waals surface area (Å²) in [6.07, 6.45) is 4.26. The summed E-state index contributed by atoms with van der Waals surface area (Å²) in [7, 11) is 0. The molecule has 1 aliphatic heterocycles. The highest BCUT2D eigenvalue weighted by atomic mass is 16.2. The van der Waals surface area contributed by atoms with Gasteiger partial charge in [0.1, 0.15) is 0 Å².